The van der Waals surface area contributed by atoms with E-state index in [0.29, 0.717) is 22.2 Å². The van der Waals surface area contributed by atoms with Crippen LogP contribution in [0.2, 0.25) is 5.02 Å². The zero-order valence-corrected chi connectivity index (χ0v) is 11.5. The number of hydrogen-bond donors (Lipinski definition) is 1. The highest BCUT2D eigenvalue weighted by atomic mass is 35.5. The van der Waals surface area contributed by atoms with Crippen LogP contribution < -0.4 is 11.3 Å². The monoisotopic (exact) mass is 280 g/mol. The summed E-state index contributed by atoms with van der Waals surface area (Å²) >= 11 is 6.26. The van der Waals surface area contributed by atoms with Gasteiger partial charge in [0.1, 0.15) is 13.7 Å². The largest absolute Gasteiger partial charge is 0.382 e. The smallest absolute Gasteiger partial charge is 0.144 e. The molecule has 0 atom stereocenters. The molecule has 2 aromatic heterocycles. The number of benzene rings is 1. The molecular formula is C14H10BClN4. The second-order valence-corrected chi connectivity index (χ2v) is 4.87. The van der Waals surface area contributed by atoms with Gasteiger partial charge in [-0.15, -0.1) is 0 Å². The summed E-state index contributed by atoms with van der Waals surface area (Å²) in [7, 11) is 5.90. The lowest BCUT2D eigenvalue weighted by Gasteiger charge is -2.10. The summed E-state index contributed by atoms with van der Waals surface area (Å²) in [6.07, 6.45) is 1.70. The summed E-state index contributed by atoms with van der Waals surface area (Å²) in [5.74, 6) is 0.333. The minimum absolute atomic E-state index is 0.285. The van der Waals surface area contributed by atoms with Gasteiger partial charge in [-0.3, -0.25) is 4.98 Å². The Labute approximate surface area is 122 Å². The lowest BCUT2D eigenvalue weighted by atomic mass is 9.96. The molecule has 96 valence electrons. The van der Waals surface area contributed by atoms with Gasteiger partial charge in [-0.25, -0.2) is 9.97 Å². The molecule has 0 saturated carbocycles. The third kappa shape index (κ3) is 2.10. The molecule has 3 rings (SSSR count). The van der Waals surface area contributed by atoms with Gasteiger partial charge in [-0.2, -0.15) is 0 Å². The maximum atomic E-state index is 6.26. The van der Waals surface area contributed by atoms with Gasteiger partial charge in [0.15, 0.2) is 0 Å². The first-order chi connectivity index (χ1) is 9.56. The Balaban J connectivity index is 2.27. The molecule has 20 heavy (non-hydrogen) atoms. The first kappa shape index (κ1) is 12.9. The molecule has 2 N–H and O–H groups in total. The van der Waals surface area contributed by atoms with Crippen LogP contribution in [-0.2, 0) is 0 Å². The highest BCUT2D eigenvalue weighted by Crippen LogP contribution is 2.28. The Morgan fingerprint density at radius 2 is 2.05 bits per heavy atom. The summed E-state index contributed by atoms with van der Waals surface area (Å²) in [5, 5.41) is 1.47. The van der Waals surface area contributed by atoms with Gasteiger partial charge >= 0.3 is 0 Å². The van der Waals surface area contributed by atoms with Crippen molar-refractivity contribution in [3.8, 4) is 11.3 Å². The molecule has 2 heterocycles. The van der Waals surface area contributed by atoms with Crippen LogP contribution in [0.15, 0.2) is 30.5 Å². The number of hydrogen-bond acceptors (Lipinski definition) is 4. The van der Waals surface area contributed by atoms with Crippen molar-refractivity contribution < 1.29 is 0 Å². The number of aromatic nitrogens is 3. The normalized spacial score (nSPS) is 10.9. The Kier molecular flexibility index (Phi) is 3.06. The van der Waals surface area contributed by atoms with E-state index < -0.39 is 0 Å². The summed E-state index contributed by atoms with van der Waals surface area (Å²) in [4.78, 5) is 12.7. The summed E-state index contributed by atoms with van der Waals surface area (Å²) in [6, 6.07) is 7.51. The van der Waals surface area contributed by atoms with Crippen LogP contribution in [0.25, 0.3) is 22.2 Å². The summed E-state index contributed by atoms with van der Waals surface area (Å²) in [6.45, 7) is 1.79. The zero-order valence-electron chi connectivity index (χ0n) is 10.8. The maximum absolute atomic E-state index is 6.26. The molecular weight excluding hydrogens is 270 g/mol. The molecule has 0 spiro atoms. The number of halogens is 1. The lowest BCUT2D eigenvalue weighted by molar-refractivity contribution is 1.16. The fourth-order valence-corrected chi connectivity index (χ4v) is 2.32. The van der Waals surface area contributed by atoms with E-state index >= 15 is 0 Å². The fourth-order valence-electron chi connectivity index (χ4n) is 2.04. The molecule has 0 aliphatic heterocycles. The Bertz CT molecular complexity index is 820. The molecule has 0 bridgehead atoms. The minimum Gasteiger partial charge on any atom is -0.382 e. The molecule has 3 aromatic rings. The highest BCUT2D eigenvalue weighted by Gasteiger charge is 2.11. The minimum atomic E-state index is 0.285. The predicted molar refractivity (Wildman–Crippen MR) is 82.3 cm³/mol. The molecule has 0 unspecified atom stereocenters. The Morgan fingerprint density at radius 3 is 2.85 bits per heavy atom. The number of rotatable bonds is 1. The van der Waals surface area contributed by atoms with Gasteiger partial charge in [-0.05, 0) is 25.1 Å². The van der Waals surface area contributed by atoms with Crippen molar-refractivity contribution in [2.24, 2.45) is 0 Å². The van der Waals surface area contributed by atoms with Gasteiger partial charge in [-0.1, -0.05) is 17.7 Å². The van der Waals surface area contributed by atoms with Crippen molar-refractivity contribution in [3.63, 3.8) is 0 Å². The van der Waals surface area contributed by atoms with E-state index in [1.54, 1.807) is 19.2 Å². The van der Waals surface area contributed by atoms with Gasteiger partial charge in [0.05, 0.1) is 21.9 Å². The van der Waals surface area contributed by atoms with E-state index in [4.69, 9.17) is 25.2 Å². The summed E-state index contributed by atoms with van der Waals surface area (Å²) in [5.41, 5.74) is 8.73. The number of anilines is 1. The van der Waals surface area contributed by atoms with Crippen molar-refractivity contribution in [1.29, 1.82) is 0 Å². The predicted octanol–water partition coefficient (Wildman–Crippen LogP) is 2.03. The number of fused-ring (bicyclic) bond motifs is 1. The second-order valence-electron chi connectivity index (χ2n) is 4.46. The number of pyridine rings is 1. The quantitative estimate of drug-likeness (QED) is 0.693. The van der Waals surface area contributed by atoms with E-state index in [1.165, 1.54) is 0 Å². The molecule has 0 fully saturated rings. The molecule has 1 aromatic carbocycles. The Morgan fingerprint density at radius 1 is 1.25 bits per heavy atom. The number of nitrogens with two attached hydrogens (primary N) is 1. The molecule has 0 amide bonds. The zero-order chi connectivity index (χ0) is 14.3. The van der Waals surface area contributed by atoms with Crippen LogP contribution in [0.5, 0.6) is 0 Å². The molecule has 0 aliphatic carbocycles. The highest BCUT2D eigenvalue weighted by molar-refractivity contribution is 6.36. The van der Waals surface area contributed by atoms with E-state index in [-0.39, 0.29) is 5.59 Å². The van der Waals surface area contributed by atoms with Crippen LogP contribution in [0.3, 0.4) is 0 Å². The first-order valence-electron chi connectivity index (χ1n) is 6.00. The van der Waals surface area contributed by atoms with Crippen LogP contribution in [0, 0.1) is 6.92 Å². The first-order valence-corrected chi connectivity index (χ1v) is 6.38. The maximum Gasteiger partial charge on any atom is 0.144 e. The van der Waals surface area contributed by atoms with Crippen molar-refractivity contribution in [2.75, 3.05) is 5.73 Å². The lowest BCUT2D eigenvalue weighted by Crippen LogP contribution is -2.17. The average Bonchev–Trinajstić information content (AvgIpc) is 2.43. The van der Waals surface area contributed by atoms with Gasteiger partial charge < -0.3 is 5.73 Å². The van der Waals surface area contributed by atoms with Gasteiger partial charge in [0.25, 0.3) is 0 Å². The van der Waals surface area contributed by atoms with Crippen molar-refractivity contribution in [2.45, 2.75) is 6.92 Å². The SMILES string of the molecule is [B]c1nc(N)c(C)nc1-c1cc(Cl)c2ncccc2c1. The van der Waals surface area contributed by atoms with E-state index in [1.807, 2.05) is 18.2 Å². The third-order valence-corrected chi connectivity index (χ3v) is 3.35. The molecule has 2 radical (unpaired) electrons. The topological polar surface area (TPSA) is 64.7 Å². The third-order valence-electron chi connectivity index (χ3n) is 3.07. The fraction of sp³-hybridized carbons (Fsp3) is 0.0714. The van der Waals surface area contributed by atoms with E-state index in [0.717, 1.165) is 16.5 Å². The van der Waals surface area contributed by atoms with Crippen LogP contribution in [-0.4, -0.2) is 22.8 Å². The number of nitrogen functional groups attached to an aromatic ring is 1. The average molecular weight is 281 g/mol. The van der Waals surface area contributed by atoms with Crippen molar-refractivity contribution in [3.05, 3.63) is 41.2 Å². The Hall–Kier alpha value is -2.14. The standard InChI is InChI=1S/C14H10BClN4/c1-7-14(17)20-13(15)12(19-7)9-5-8-3-2-4-18-11(8)10(16)6-9/h2-6H,1H3,(H2,17,20). The van der Waals surface area contributed by atoms with Crippen molar-refractivity contribution >= 4 is 41.8 Å². The van der Waals surface area contributed by atoms with Crippen LogP contribution in [0.1, 0.15) is 5.69 Å². The number of aryl methyl sites for hydroxylation is 1. The molecule has 0 aliphatic rings. The molecule has 4 nitrogen and oxygen atoms in total. The van der Waals surface area contributed by atoms with Gasteiger partial charge in [0, 0.05) is 22.7 Å². The number of nitrogens with zero attached hydrogens (tertiary/aromatic N) is 3. The van der Waals surface area contributed by atoms with Crippen LogP contribution in [0.4, 0.5) is 5.82 Å². The van der Waals surface area contributed by atoms with E-state index in [9.17, 15) is 0 Å². The molecule has 6 heteroatoms. The summed E-state index contributed by atoms with van der Waals surface area (Å²) < 4.78 is 0. The second kappa shape index (κ2) is 4.76. The molecule has 0 saturated heterocycles. The van der Waals surface area contributed by atoms with Gasteiger partial charge in [0.2, 0.25) is 0 Å². The van der Waals surface area contributed by atoms with Crippen LogP contribution >= 0.6 is 11.6 Å². The van der Waals surface area contributed by atoms with E-state index in [2.05, 4.69) is 15.0 Å². The van der Waals surface area contributed by atoms with Crippen molar-refractivity contribution in [1.82, 2.24) is 15.0 Å².